The van der Waals surface area contributed by atoms with E-state index < -0.39 is 0 Å². The Morgan fingerprint density at radius 1 is 1.12 bits per heavy atom. The first kappa shape index (κ1) is 20.1. The Balaban J connectivity index is 1.42. The zero-order chi connectivity index (χ0) is 22.1. The van der Waals surface area contributed by atoms with E-state index in [1.165, 1.54) is 23.2 Å². The monoisotopic (exact) mass is 462 g/mol. The van der Waals surface area contributed by atoms with Crippen molar-refractivity contribution >= 4 is 38.4 Å². The first-order chi connectivity index (χ1) is 16.2. The number of hydrogen-bond acceptors (Lipinski definition) is 7. The van der Waals surface area contributed by atoms with E-state index in [0.29, 0.717) is 12.1 Å². The molecule has 2 aromatic heterocycles. The number of benzene rings is 1. The summed E-state index contributed by atoms with van der Waals surface area (Å²) in [6, 6.07) is 11.3. The van der Waals surface area contributed by atoms with Gasteiger partial charge in [0.2, 0.25) is 0 Å². The molecule has 3 aromatic rings. The molecule has 4 aliphatic heterocycles. The molecule has 3 fully saturated rings. The highest BCUT2D eigenvalue weighted by Gasteiger charge is 2.45. The largest absolute Gasteiger partial charge is 0.319 e. The van der Waals surface area contributed by atoms with Gasteiger partial charge in [0.25, 0.3) is 0 Å². The molecule has 172 valence electrons. The van der Waals surface area contributed by atoms with E-state index in [0.717, 1.165) is 61.2 Å². The minimum absolute atomic E-state index is 0.0456. The highest BCUT2D eigenvalue weighted by atomic mass is 32.1. The van der Waals surface area contributed by atoms with Crippen LogP contribution in [0, 0.1) is 5.92 Å². The zero-order valence-electron chi connectivity index (χ0n) is 19.0. The number of rotatable bonds is 2. The lowest BCUT2D eigenvalue weighted by Crippen LogP contribution is -2.57. The van der Waals surface area contributed by atoms with Gasteiger partial charge in [0.15, 0.2) is 11.7 Å². The Morgan fingerprint density at radius 3 is 2.82 bits per heavy atom. The standard InChI is InChI=1S/C25H30N6OS/c1-28-11-8-16-14-29(15-20(16)28)25-27-13-18-21(32)12-23-31(19-4-2-3-5-22(19)33-23)24(18)30(25)17-6-9-26-10-7-17/h2-5,12-13,16-17,20,25-26H,6-11,14-15H2,1H3. The summed E-state index contributed by atoms with van der Waals surface area (Å²) in [5.41, 5.74) is 2.00. The Labute approximate surface area is 197 Å². The summed E-state index contributed by atoms with van der Waals surface area (Å²) >= 11 is 1.70. The molecule has 1 aromatic carbocycles. The van der Waals surface area contributed by atoms with Gasteiger partial charge in [-0.15, -0.1) is 11.3 Å². The fraction of sp³-hybridized carbons (Fsp3) is 0.520. The van der Waals surface area contributed by atoms with Crippen molar-refractivity contribution in [3.8, 4) is 0 Å². The van der Waals surface area contributed by atoms with E-state index >= 15 is 0 Å². The number of fused-ring (bicyclic) bond motifs is 6. The van der Waals surface area contributed by atoms with Crippen LogP contribution in [0.4, 0.5) is 5.82 Å². The van der Waals surface area contributed by atoms with E-state index in [-0.39, 0.29) is 11.7 Å². The van der Waals surface area contributed by atoms with Gasteiger partial charge < -0.3 is 15.1 Å². The smallest absolute Gasteiger partial charge is 0.193 e. The predicted octanol–water partition coefficient (Wildman–Crippen LogP) is 2.42. The molecule has 3 saturated heterocycles. The topological polar surface area (TPSA) is 55.6 Å². The van der Waals surface area contributed by atoms with Crippen LogP contribution in [0.2, 0.25) is 0 Å². The molecular weight excluding hydrogens is 432 g/mol. The number of aromatic nitrogens is 1. The van der Waals surface area contributed by atoms with Gasteiger partial charge in [-0.1, -0.05) is 12.1 Å². The Hall–Kier alpha value is -2.26. The van der Waals surface area contributed by atoms with Crippen LogP contribution in [0.1, 0.15) is 24.8 Å². The van der Waals surface area contributed by atoms with Crippen LogP contribution in [-0.2, 0) is 0 Å². The molecule has 0 saturated carbocycles. The van der Waals surface area contributed by atoms with E-state index in [2.05, 4.69) is 55.7 Å². The lowest BCUT2D eigenvalue weighted by atomic mass is 10.0. The summed E-state index contributed by atoms with van der Waals surface area (Å²) in [4.78, 5) is 27.0. The highest BCUT2D eigenvalue weighted by molar-refractivity contribution is 7.24. The summed E-state index contributed by atoms with van der Waals surface area (Å²) in [6.45, 7) is 5.36. The van der Waals surface area contributed by atoms with Gasteiger partial charge >= 0.3 is 0 Å². The van der Waals surface area contributed by atoms with E-state index in [1.54, 1.807) is 17.4 Å². The van der Waals surface area contributed by atoms with Crippen molar-refractivity contribution in [1.82, 2.24) is 19.5 Å². The molecule has 6 heterocycles. The normalized spacial score (nSPS) is 28.8. The number of para-hydroxylation sites is 1. The predicted molar refractivity (Wildman–Crippen MR) is 135 cm³/mol. The van der Waals surface area contributed by atoms with Crippen LogP contribution < -0.4 is 15.6 Å². The first-order valence-corrected chi connectivity index (χ1v) is 13.0. The zero-order valence-corrected chi connectivity index (χ0v) is 19.8. The second-order valence-corrected chi connectivity index (χ2v) is 11.1. The third kappa shape index (κ3) is 3.04. The Morgan fingerprint density at radius 2 is 1.97 bits per heavy atom. The number of aliphatic imine (C=N–C) groups is 1. The van der Waals surface area contributed by atoms with Gasteiger partial charge in [0, 0.05) is 37.5 Å². The number of pyridine rings is 1. The molecule has 4 aliphatic rings. The maximum Gasteiger partial charge on any atom is 0.193 e. The Kier molecular flexibility index (Phi) is 4.66. The summed E-state index contributed by atoms with van der Waals surface area (Å²) in [7, 11) is 2.26. The molecular formula is C25H30N6OS. The molecule has 3 unspecified atom stereocenters. The second kappa shape index (κ2) is 7.63. The van der Waals surface area contributed by atoms with Crippen LogP contribution >= 0.6 is 11.3 Å². The molecule has 8 heteroatoms. The van der Waals surface area contributed by atoms with Crippen molar-refractivity contribution in [1.29, 1.82) is 0 Å². The Bertz CT molecular complexity index is 1310. The van der Waals surface area contributed by atoms with Crippen LogP contribution in [0.3, 0.4) is 0 Å². The number of hydrogen-bond donors (Lipinski definition) is 1. The quantitative estimate of drug-likeness (QED) is 0.634. The summed E-state index contributed by atoms with van der Waals surface area (Å²) in [5.74, 6) is 1.77. The molecule has 33 heavy (non-hydrogen) atoms. The summed E-state index contributed by atoms with van der Waals surface area (Å²) < 4.78 is 3.55. The van der Waals surface area contributed by atoms with Crippen molar-refractivity contribution < 1.29 is 0 Å². The molecule has 7 rings (SSSR count). The van der Waals surface area contributed by atoms with Crippen LogP contribution in [0.15, 0.2) is 40.1 Å². The molecule has 0 aliphatic carbocycles. The minimum atomic E-state index is -0.0456. The fourth-order valence-corrected chi connectivity index (χ4v) is 7.62. The van der Waals surface area contributed by atoms with E-state index in [4.69, 9.17) is 4.99 Å². The molecule has 0 amide bonds. The van der Waals surface area contributed by atoms with Crippen molar-refractivity contribution in [3.63, 3.8) is 0 Å². The number of likely N-dealkylation sites (N-methyl/N-ethyl adjacent to an activating group) is 1. The van der Waals surface area contributed by atoms with Gasteiger partial charge in [-0.3, -0.25) is 19.1 Å². The van der Waals surface area contributed by atoms with Crippen molar-refractivity contribution in [2.45, 2.75) is 37.6 Å². The van der Waals surface area contributed by atoms with E-state index in [1.807, 2.05) is 6.21 Å². The molecule has 3 atom stereocenters. The number of nitrogens with zero attached hydrogens (tertiary/aromatic N) is 5. The average Bonchev–Trinajstić information content (AvgIpc) is 3.52. The summed E-state index contributed by atoms with van der Waals surface area (Å²) in [6.07, 6.45) is 5.24. The van der Waals surface area contributed by atoms with Gasteiger partial charge in [-0.05, 0) is 64.0 Å². The van der Waals surface area contributed by atoms with Crippen molar-refractivity contribution in [2.75, 3.05) is 44.7 Å². The maximum atomic E-state index is 13.3. The van der Waals surface area contributed by atoms with Gasteiger partial charge in [0.05, 0.1) is 15.8 Å². The van der Waals surface area contributed by atoms with Gasteiger partial charge in [-0.25, -0.2) is 0 Å². The lowest BCUT2D eigenvalue weighted by Gasteiger charge is -2.45. The van der Waals surface area contributed by atoms with Gasteiger partial charge in [0.1, 0.15) is 10.6 Å². The molecule has 0 radical (unpaired) electrons. The highest BCUT2D eigenvalue weighted by Crippen LogP contribution is 2.39. The number of nitrogens with one attached hydrogen (secondary N) is 1. The van der Waals surface area contributed by atoms with Crippen LogP contribution in [-0.4, -0.2) is 78.6 Å². The number of anilines is 1. The number of piperidine rings is 1. The van der Waals surface area contributed by atoms with Crippen molar-refractivity contribution in [3.05, 3.63) is 46.1 Å². The molecule has 0 bridgehead atoms. The molecule has 7 nitrogen and oxygen atoms in total. The SMILES string of the molecule is CN1CCC2CN(C3N=Cc4c(n5c(cc4=O)sc4ccccc45)N3C3CCNCC3)CC21. The third-order valence-electron chi connectivity index (χ3n) is 8.23. The minimum Gasteiger partial charge on any atom is -0.319 e. The van der Waals surface area contributed by atoms with Crippen LogP contribution in [0.25, 0.3) is 15.0 Å². The number of thiazole rings is 1. The molecule has 0 spiro atoms. The van der Waals surface area contributed by atoms with Gasteiger partial charge in [-0.2, -0.15) is 0 Å². The summed E-state index contributed by atoms with van der Waals surface area (Å²) in [5, 5.41) is 3.52. The maximum absolute atomic E-state index is 13.3. The fourth-order valence-electron chi connectivity index (χ4n) is 6.55. The second-order valence-electron chi connectivity index (χ2n) is 10.1. The first-order valence-electron chi connectivity index (χ1n) is 12.2. The van der Waals surface area contributed by atoms with Crippen LogP contribution in [0.5, 0.6) is 0 Å². The van der Waals surface area contributed by atoms with E-state index in [9.17, 15) is 4.79 Å². The molecule has 1 N–H and O–H groups in total. The lowest BCUT2D eigenvalue weighted by molar-refractivity contribution is 0.188. The third-order valence-corrected chi connectivity index (χ3v) is 9.30. The van der Waals surface area contributed by atoms with Crippen molar-refractivity contribution in [2.24, 2.45) is 10.9 Å². The average molecular weight is 463 g/mol. The number of likely N-dealkylation sites (tertiary alicyclic amines) is 2.